The van der Waals surface area contributed by atoms with Gasteiger partial charge in [-0.2, -0.15) is 5.10 Å². The van der Waals surface area contributed by atoms with Gasteiger partial charge in [-0.1, -0.05) is 6.42 Å². The number of aliphatic carboxylic acids is 1. The lowest BCUT2D eigenvalue weighted by molar-refractivity contribution is -0.138. The van der Waals surface area contributed by atoms with E-state index in [1.54, 1.807) is 0 Å². The lowest BCUT2D eigenvalue weighted by Crippen LogP contribution is -2.34. The van der Waals surface area contributed by atoms with Gasteiger partial charge >= 0.3 is 5.97 Å². The maximum absolute atomic E-state index is 11.9. The monoisotopic (exact) mass is 306 g/mol. The number of carbonyl (C=O) groups excluding carboxylic acids is 1. The average Bonchev–Trinajstić information content (AvgIpc) is 2.67. The molecule has 1 saturated carbocycles. The van der Waals surface area contributed by atoms with E-state index in [1.807, 2.05) is 15.6 Å². The molecule has 2 heterocycles. The van der Waals surface area contributed by atoms with E-state index >= 15 is 0 Å². The molecular formula is C15H22N4O3. The third-order valence-electron chi connectivity index (χ3n) is 4.42. The highest BCUT2D eigenvalue weighted by Gasteiger charge is 2.25. The summed E-state index contributed by atoms with van der Waals surface area (Å²) in [6.45, 7) is 2.66. The molecule has 7 heteroatoms. The first-order chi connectivity index (χ1) is 10.6. The zero-order chi connectivity index (χ0) is 15.5. The van der Waals surface area contributed by atoms with Gasteiger partial charge in [0.2, 0.25) is 5.91 Å². The third-order valence-corrected chi connectivity index (χ3v) is 4.42. The molecule has 1 aromatic rings. The Hall–Kier alpha value is -1.89. The fourth-order valence-corrected chi connectivity index (χ4v) is 2.99. The number of carboxylic acids is 1. The zero-order valence-corrected chi connectivity index (χ0v) is 12.6. The molecule has 22 heavy (non-hydrogen) atoms. The molecule has 1 amide bonds. The Balaban J connectivity index is 1.59. The van der Waals surface area contributed by atoms with Crippen molar-refractivity contribution in [3.05, 3.63) is 17.5 Å². The van der Waals surface area contributed by atoms with Crippen LogP contribution in [0.4, 0.5) is 0 Å². The number of nitrogens with one attached hydrogen (secondary N) is 1. The summed E-state index contributed by atoms with van der Waals surface area (Å²) in [6, 6.07) is 1.97. The third kappa shape index (κ3) is 3.47. The molecule has 3 rings (SSSR count). The Bertz CT molecular complexity index is 565. The van der Waals surface area contributed by atoms with E-state index in [-0.39, 0.29) is 18.4 Å². The minimum absolute atomic E-state index is 0.0545. The molecule has 0 spiro atoms. The summed E-state index contributed by atoms with van der Waals surface area (Å²) >= 11 is 0. The number of hydrogen-bond acceptors (Lipinski definition) is 4. The van der Waals surface area contributed by atoms with E-state index in [4.69, 9.17) is 5.11 Å². The summed E-state index contributed by atoms with van der Waals surface area (Å²) in [5.74, 6) is -0.491. The number of carbonyl (C=O) groups is 2. The average molecular weight is 306 g/mol. The highest BCUT2D eigenvalue weighted by molar-refractivity contribution is 5.79. The smallest absolute Gasteiger partial charge is 0.317 e. The van der Waals surface area contributed by atoms with Crippen LogP contribution in [-0.4, -0.2) is 44.8 Å². The van der Waals surface area contributed by atoms with Crippen LogP contribution in [0.2, 0.25) is 0 Å². The molecule has 1 aliphatic heterocycles. The predicted molar refractivity (Wildman–Crippen MR) is 78.9 cm³/mol. The molecule has 0 atom stereocenters. The minimum atomic E-state index is -0.805. The van der Waals surface area contributed by atoms with Crippen LogP contribution in [0.5, 0.6) is 0 Å². The first kappa shape index (κ1) is 15.0. The summed E-state index contributed by atoms with van der Waals surface area (Å²) in [5.41, 5.74) is 1.87. The first-order valence-corrected chi connectivity index (χ1v) is 7.89. The maximum Gasteiger partial charge on any atom is 0.317 e. The number of aryl methyl sites for hydroxylation is 1. The number of carboxylic acid groups (broad SMARTS) is 1. The van der Waals surface area contributed by atoms with Crippen molar-refractivity contribution >= 4 is 11.9 Å². The molecule has 2 N–H and O–H groups in total. The molecule has 0 aromatic carbocycles. The second kappa shape index (κ2) is 6.48. The molecule has 7 nitrogen and oxygen atoms in total. The molecule has 2 aliphatic rings. The van der Waals surface area contributed by atoms with Gasteiger partial charge in [0.25, 0.3) is 0 Å². The van der Waals surface area contributed by atoms with E-state index in [0.29, 0.717) is 13.1 Å². The van der Waals surface area contributed by atoms with Crippen LogP contribution in [-0.2, 0) is 29.2 Å². The van der Waals surface area contributed by atoms with E-state index in [1.165, 1.54) is 0 Å². The van der Waals surface area contributed by atoms with Gasteiger partial charge in [0, 0.05) is 25.6 Å². The fourth-order valence-electron chi connectivity index (χ4n) is 2.99. The van der Waals surface area contributed by atoms with Gasteiger partial charge in [-0.3, -0.25) is 19.2 Å². The molecular weight excluding hydrogens is 284 g/mol. The Kier molecular flexibility index (Phi) is 4.42. The lowest BCUT2D eigenvalue weighted by Gasteiger charge is -2.23. The zero-order valence-electron chi connectivity index (χ0n) is 12.6. The van der Waals surface area contributed by atoms with Crippen LogP contribution < -0.4 is 5.32 Å². The standard InChI is InChI=1S/C15H22N4O3/c20-14(21)10-18-5-2-6-19-13(9-18)7-12(17-19)8-16-15(22)11-3-1-4-11/h7,11H,1-6,8-10H2,(H,16,22)(H,20,21). The van der Waals surface area contributed by atoms with Gasteiger partial charge in [0.15, 0.2) is 0 Å². The van der Waals surface area contributed by atoms with Crippen molar-refractivity contribution in [2.75, 3.05) is 13.1 Å². The van der Waals surface area contributed by atoms with E-state index < -0.39 is 5.97 Å². The van der Waals surface area contributed by atoms with Crippen molar-refractivity contribution in [2.45, 2.75) is 45.3 Å². The molecule has 0 unspecified atom stereocenters. The fraction of sp³-hybridized carbons (Fsp3) is 0.667. The summed E-state index contributed by atoms with van der Waals surface area (Å²) < 4.78 is 1.94. The Labute approximate surface area is 129 Å². The predicted octanol–water partition coefficient (Wildman–Crippen LogP) is 0.590. The highest BCUT2D eigenvalue weighted by Crippen LogP contribution is 2.26. The van der Waals surface area contributed by atoms with Gasteiger partial charge in [-0.15, -0.1) is 0 Å². The summed E-state index contributed by atoms with van der Waals surface area (Å²) in [6.07, 6.45) is 4.03. The van der Waals surface area contributed by atoms with Crippen LogP contribution >= 0.6 is 0 Å². The molecule has 1 aliphatic carbocycles. The summed E-state index contributed by atoms with van der Waals surface area (Å²) in [4.78, 5) is 24.6. The molecule has 0 bridgehead atoms. The van der Waals surface area contributed by atoms with Crippen LogP contribution in [0.3, 0.4) is 0 Å². The van der Waals surface area contributed by atoms with Crippen molar-refractivity contribution in [3.63, 3.8) is 0 Å². The minimum Gasteiger partial charge on any atom is -0.480 e. The Morgan fingerprint density at radius 1 is 1.32 bits per heavy atom. The largest absolute Gasteiger partial charge is 0.480 e. The van der Waals surface area contributed by atoms with Crippen molar-refractivity contribution in [1.29, 1.82) is 0 Å². The van der Waals surface area contributed by atoms with Crippen molar-refractivity contribution in [2.24, 2.45) is 5.92 Å². The van der Waals surface area contributed by atoms with Crippen LogP contribution in [0.15, 0.2) is 6.07 Å². The number of nitrogens with zero attached hydrogens (tertiary/aromatic N) is 3. The Morgan fingerprint density at radius 2 is 2.14 bits per heavy atom. The molecule has 1 aromatic heterocycles. The van der Waals surface area contributed by atoms with Crippen LogP contribution in [0.1, 0.15) is 37.1 Å². The summed E-state index contributed by atoms with van der Waals surface area (Å²) in [5, 5.41) is 16.4. The van der Waals surface area contributed by atoms with Crippen LogP contribution in [0.25, 0.3) is 0 Å². The van der Waals surface area contributed by atoms with Gasteiger partial charge in [-0.05, 0) is 25.3 Å². The topological polar surface area (TPSA) is 87.5 Å². The van der Waals surface area contributed by atoms with Gasteiger partial charge in [0.1, 0.15) is 0 Å². The highest BCUT2D eigenvalue weighted by atomic mass is 16.4. The van der Waals surface area contributed by atoms with Crippen molar-refractivity contribution < 1.29 is 14.7 Å². The van der Waals surface area contributed by atoms with E-state index in [0.717, 1.165) is 50.2 Å². The maximum atomic E-state index is 11.9. The first-order valence-electron chi connectivity index (χ1n) is 7.89. The van der Waals surface area contributed by atoms with E-state index in [9.17, 15) is 9.59 Å². The second-order valence-electron chi connectivity index (χ2n) is 6.15. The second-order valence-corrected chi connectivity index (χ2v) is 6.15. The molecule has 0 radical (unpaired) electrons. The number of aromatic nitrogens is 2. The molecule has 0 saturated heterocycles. The lowest BCUT2D eigenvalue weighted by atomic mass is 9.85. The number of fused-ring (bicyclic) bond motifs is 1. The van der Waals surface area contributed by atoms with Gasteiger partial charge in [0.05, 0.1) is 24.5 Å². The van der Waals surface area contributed by atoms with E-state index in [2.05, 4.69) is 10.4 Å². The molecule has 1 fully saturated rings. The van der Waals surface area contributed by atoms with Gasteiger partial charge in [-0.25, -0.2) is 0 Å². The number of amides is 1. The molecule has 120 valence electrons. The van der Waals surface area contributed by atoms with Crippen molar-refractivity contribution in [1.82, 2.24) is 20.0 Å². The SMILES string of the molecule is O=C(O)CN1CCCn2nc(CNC(=O)C3CCC3)cc2C1. The summed E-state index contributed by atoms with van der Waals surface area (Å²) in [7, 11) is 0. The quantitative estimate of drug-likeness (QED) is 0.831. The Morgan fingerprint density at radius 3 is 2.82 bits per heavy atom. The van der Waals surface area contributed by atoms with Gasteiger partial charge < -0.3 is 10.4 Å². The van der Waals surface area contributed by atoms with Crippen molar-refractivity contribution in [3.8, 4) is 0 Å². The normalized spacial score (nSPS) is 19.1. The number of rotatable bonds is 5. The number of hydrogen-bond donors (Lipinski definition) is 2. The van der Waals surface area contributed by atoms with Crippen LogP contribution in [0, 0.1) is 5.92 Å².